The van der Waals surface area contributed by atoms with Gasteiger partial charge in [-0.3, -0.25) is 14.9 Å². The molecule has 0 atom stereocenters. The normalized spacial score (nSPS) is 11.6. The van der Waals surface area contributed by atoms with Gasteiger partial charge in [-0.1, -0.05) is 11.6 Å². The number of nitro groups is 1. The minimum absolute atomic E-state index is 0.583. The highest BCUT2D eigenvalue weighted by molar-refractivity contribution is 6.33. The van der Waals surface area contributed by atoms with Crippen LogP contribution in [0, 0.1) is 17.0 Å². The fourth-order valence-electron chi connectivity index (χ4n) is 1.10. The Balaban J connectivity index is 3.65. The van der Waals surface area contributed by atoms with Crippen molar-refractivity contribution < 1.29 is 18.1 Å². The maximum Gasteiger partial charge on any atom is 0.431 e. The van der Waals surface area contributed by atoms with Crippen LogP contribution >= 0.6 is 11.6 Å². The summed E-state index contributed by atoms with van der Waals surface area (Å²) >= 11 is 5.34. The molecule has 1 N–H and O–H groups in total. The van der Waals surface area contributed by atoms with Crippen molar-refractivity contribution in [3.8, 4) is 0 Å². The standard InChI is InChI=1S/C7H4ClF3N2O3/c1-2-3(8)4(13(15)16)6(14)12-5(2)7(9,10)11/h1H3,(H,12,14). The van der Waals surface area contributed by atoms with E-state index in [1.807, 2.05) is 0 Å². The van der Waals surface area contributed by atoms with E-state index < -0.39 is 38.6 Å². The Labute approximate surface area is 91.0 Å². The average Bonchev–Trinajstić information content (AvgIpc) is 2.09. The van der Waals surface area contributed by atoms with E-state index in [4.69, 9.17) is 11.6 Å². The predicted octanol–water partition coefficient (Wildman–Crippen LogP) is 2.26. The molecule has 0 fully saturated rings. The second-order valence-corrected chi connectivity index (χ2v) is 3.25. The number of aromatic amines is 1. The average molecular weight is 257 g/mol. The van der Waals surface area contributed by atoms with Gasteiger partial charge >= 0.3 is 17.4 Å². The van der Waals surface area contributed by atoms with Gasteiger partial charge in [0.25, 0.3) is 0 Å². The van der Waals surface area contributed by atoms with Crippen LogP contribution in [0.15, 0.2) is 4.79 Å². The summed E-state index contributed by atoms with van der Waals surface area (Å²) in [5, 5.41) is 9.57. The van der Waals surface area contributed by atoms with Gasteiger partial charge in [0.1, 0.15) is 10.7 Å². The molecule has 0 spiro atoms. The number of alkyl halides is 3. The van der Waals surface area contributed by atoms with Crippen LogP contribution in [0.25, 0.3) is 0 Å². The molecule has 0 aromatic carbocycles. The number of nitrogens with one attached hydrogen (secondary N) is 1. The second-order valence-electron chi connectivity index (χ2n) is 2.87. The summed E-state index contributed by atoms with van der Waals surface area (Å²) in [5.41, 5.74) is -4.53. The van der Waals surface area contributed by atoms with E-state index >= 15 is 0 Å². The molecule has 1 aromatic heterocycles. The van der Waals surface area contributed by atoms with Gasteiger partial charge in [-0.05, 0) is 6.92 Å². The van der Waals surface area contributed by atoms with E-state index in [-0.39, 0.29) is 0 Å². The van der Waals surface area contributed by atoms with Crippen LogP contribution in [0.5, 0.6) is 0 Å². The van der Waals surface area contributed by atoms with Gasteiger partial charge in [-0.25, -0.2) is 0 Å². The molecule has 16 heavy (non-hydrogen) atoms. The molecule has 0 aliphatic heterocycles. The summed E-state index contributed by atoms with van der Waals surface area (Å²) < 4.78 is 37.0. The van der Waals surface area contributed by atoms with Crippen molar-refractivity contribution in [2.24, 2.45) is 0 Å². The van der Waals surface area contributed by atoms with Crippen molar-refractivity contribution >= 4 is 17.3 Å². The molecule has 0 aliphatic carbocycles. The third-order valence-corrected chi connectivity index (χ3v) is 2.29. The van der Waals surface area contributed by atoms with Crippen molar-refractivity contribution in [3.63, 3.8) is 0 Å². The first-order chi connectivity index (χ1) is 7.16. The molecule has 0 radical (unpaired) electrons. The molecule has 1 heterocycles. The van der Waals surface area contributed by atoms with Crippen LogP contribution < -0.4 is 5.56 Å². The van der Waals surface area contributed by atoms with Crippen LogP contribution in [-0.2, 0) is 6.18 Å². The largest absolute Gasteiger partial charge is 0.431 e. The molecule has 1 aromatic rings. The van der Waals surface area contributed by atoms with Gasteiger partial charge in [-0.2, -0.15) is 13.2 Å². The molecular formula is C7H4ClF3N2O3. The lowest BCUT2D eigenvalue weighted by Gasteiger charge is -2.10. The number of pyridine rings is 1. The van der Waals surface area contributed by atoms with Crippen molar-refractivity contribution in [2.75, 3.05) is 0 Å². The minimum atomic E-state index is -4.82. The summed E-state index contributed by atoms with van der Waals surface area (Å²) in [4.78, 5) is 21.7. The number of rotatable bonds is 1. The fourth-order valence-corrected chi connectivity index (χ4v) is 1.35. The van der Waals surface area contributed by atoms with E-state index in [1.165, 1.54) is 4.98 Å². The molecule has 5 nitrogen and oxygen atoms in total. The molecule has 0 aliphatic rings. The summed E-state index contributed by atoms with van der Waals surface area (Å²) in [5.74, 6) is 0. The Bertz CT molecular complexity index is 509. The molecule has 0 unspecified atom stereocenters. The topological polar surface area (TPSA) is 76.0 Å². The van der Waals surface area contributed by atoms with Gasteiger partial charge in [0.05, 0.1) is 4.92 Å². The Morgan fingerprint density at radius 3 is 2.31 bits per heavy atom. The number of aromatic nitrogens is 1. The van der Waals surface area contributed by atoms with Crippen LogP contribution in [0.3, 0.4) is 0 Å². The molecule has 0 amide bonds. The summed E-state index contributed by atoms with van der Waals surface area (Å²) in [6, 6.07) is 0. The summed E-state index contributed by atoms with van der Waals surface area (Å²) in [7, 11) is 0. The maximum atomic E-state index is 12.3. The highest BCUT2D eigenvalue weighted by Crippen LogP contribution is 2.34. The molecule has 88 valence electrons. The zero-order valence-electron chi connectivity index (χ0n) is 7.68. The molecule has 0 bridgehead atoms. The Morgan fingerprint density at radius 2 is 1.94 bits per heavy atom. The molecule has 0 saturated carbocycles. The smallest absolute Gasteiger partial charge is 0.312 e. The van der Waals surface area contributed by atoms with Gasteiger partial charge < -0.3 is 4.98 Å². The van der Waals surface area contributed by atoms with Crippen LogP contribution in [0.4, 0.5) is 18.9 Å². The summed E-state index contributed by atoms with van der Waals surface area (Å²) in [6.45, 7) is 0.939. The van der Waals surface area contributed by atoms with E-state index in [1.54, 1.807) is 0 Å². The number of hydrogen-bond donors (Lipinski definition) is 1. The SMILES string of the molecule is Cc1c(C(F)(F)F)[nH]c(=O)c([N+](=O)[O-])c1Cl. The number of halogens is 4. The molecule has 0 saturated heterocycles. The number of H-pyrrole nitrogens is 1. The summed E-state index contributed by atoms with van der Waals surface area (Å²) in [6.07, 6.45) is -4.82. The monoisotopic (exact) mass is 256 g/mol. The first kappa shape index (κ1) is 12.5. The number of nitrogens with zero attached hydrogens (tertiary/aromatic N) is 1. The van der Waals surface area contributed by atoms with Gasteiger partial charge in [-0.15, -0.1) is 0 Å². The van der Waals surface area contributed by atoms with Crippen LogP contribution in [0.1, 0.15) is 11.3 Å². The highest BCUT2D eigenvalue weighted by Gasteiger charge is 2.37. The second kappa shape index (κ2) is 3.78. The van der Waals surface area contributed by atoms with E-state index in [0.29, 0.717) is 0 Å². The zero-order valence-corrected chi connectivity index (χ0v) is 8.44. The molecular weight excluding hydrogens is 253 g/mol. The lowest BCUT2D eigenvalue weighted by Crippen LogP contribution is -2.21. The molecule has 1 rings (SSSR count). The minimum Gasteiger partial charge on any atom is -0.312 e. The first-order valence-corrected chi connectivity index (χ1v) is 4.18. The quantitative estimate of drug-likeness (QED) is 0.618. The van der Waals surface area contributed by atoms with Gasteiger partial charge in [0.15, 0.2) is 0 Å². The van der Waals surface area contributed by atoms with Crippen molar-refractivity contribution in [1.82, 2.24) is 4.98 Å². The fraction of sp³-hybridized carbons (Fsp3) is 0.286. The Morgan fingerprint density at radius 1 is 1.44 bits per heavy atom. The third kappa shape index (κ3) is 2.01. The number of hydrogen-bond acceptors (Lipinski definition) is 3. The van der Waals surface area contributed by atoms with E-state index in [9.17, 15) is 28.1 Å². The molecule has 9 heteroatoms. The highest BCUT2D eigenvalue weighted by atomic mass is 35.5. The maximum absolute atomic E-state index is 12.3. The van der Waals surface area contributed by atoms with Crippen LogP contribution in [0.2, 0.25) is 5.02 Å². The Hall–Kier alpha value is -1.57. The van der Waals surface area contributed by atoms with Crippen molar-refractivity contribution in [3.05, 3.63) is 36.7 Å². The van der Waals surface area contributed by atoms with Crippen LogP contribution in [-0.4, -0.2) is 9.91 Å². The van der Waals surface area contributed by atoms with Crippen molar-refractivity contribution in [1.29, 1.82) is 0 Å². The predicted molar refractivity (Wildman–Crippen MR) is 48.5 cm³/mol. The first-order valence-electron chi connectivity index (χ1n) is 3.80. The van der Waals surface area contributed by atoms with Gasteiger partial charge in [0.2, 0.25) is 0 Å². The third-order valence-electron chi connectivity index (χ3n) is 1.83. The van der Waals surface area contributed by atoms with Crippen molar-refractivity contribution in [2.45, 2.75) is 13.1 Å². The Kier molecular flexibility index (Phi) is 2.95. The lowest BCUT2D eigenvalue weighted by molar-refractivity contribution is -0.386. The van der Waals surface area contributed by atoms with Gasteiger partial charge in [0, 0.05) is 5.56 Å². The lowest BCUT2D eigenvalue weighted by atomic mass is 10.2. The van der Waals surface area contributed by atoms with E-state index in [2.05, 4.69) is 0 Å². The zero-order chi connectivity index (χ0) is 12.7. The van der Waals surface area contributed by atoms with E-state index in [0.717, 1.165) is 6.92 Å².